The molecule has 0 aliphatic rings. The molecule has 11 nitrogen and oxygen atoms in total. The van der Waals surface area contributed by atoms with Crippen LogP contribution < -0.4 is 15.2 Å². The summed E-state index contributed by atoms with van der Waals surface area (Å²) in [5.74, 6) is -1.87. The Balaban J connectivity index is 3.18. The van der Waals surface area contributed by atoms with Gasteiger partial charge in [0.05, 0.1) is 0 Å². The molecule has 4 unspecified atom stereocenters. The number of carbonyl (C=O) groups is 4. The Morgan fingerprint density at radius 3 is 1.85 bits per heavy atom. The van der Waals surface area contributed by atoms with Crippen LogP contribution in [-0.4, -0.2) is 53.2 Å². The average molecular weight is 582 g/mol. The van der Waals surface area contributed by atoms with Crippen LogP contribution in [0.4, 0.5) is 9.59 Å². The molecule has 0 saturated carbocycles. The van der Waals surface area contributed by atoms with Gasteiger partial charge in [-0.15, -0.1) is 0 Å². The second kappa shape index (κ2) is 17.5. The van der Waals surface area contributed by atoms with Crippen LogP contribution in [0.15, 0.2) is 18.2 Å². The number of carbonyl (C=O) groups excluding carboxylic acids is 3. The molecule has 0 spiro atoms. The number of nitrogens with two attached hydrogens (primary N) is 1. The molecular formula is C30H47NO10. The normalized spacial score (nSPS) is 15.4. The van der Waals surface area contributed by atoms with Crippen LogP contribution in [0.25, 0.3) is 0 Å². The molecule has 41 heavy (non-hydrogen) atoms. The van der Waals surface area contributed by atoms with Crippen LogP contribution in [0, 0.1) is 5.92 Å². The minimum absolute atomic E-state index is 0.118. The molecule has 5 atom stereocenters. The fourth-order valence-corrected chi connectivity index (χ4v) is 4.17. The van der Waals surface area contributed by atoms with Crippen LogP contribution in [0.2, 0.25) is 0 Å². The van der Waals surface area contributed by atoms with E-state index < -0.39 is 42.0 Å². The first-order valence-corrected chi connectivity index (χ1v) is 14.3. The van der Waals surface area contributed by atoms with Crippen molar-refractivity contribution in [3.05, 3.63) is 23.8 Å². The first kappa shape index (κ1) is 35.7. The molecule has 0 fully saturated rings. The lowest BCUT2D eigenvalue weighted by Gasteiger charge is -2.28. The summed E-state index contributed by atoms with van der Waals surface area (Å²) >= 11 is 0. The zero-order valence-electron chi connectivity index (χ0n) is 25.4. The van der Waals surface area contributed by atoms with Crippen LogP contribution in [0.1, 0.15) is 99.0 Å². The minimum atomic E-state index is -1.82. The number of benzene rings is 1. The molecule has 11 heteroatoms. The molecule has 0 aliphatic carbocycles. The summed E-state index contributed by atoms with van der Waals surface area (Å²) < 4.78 is 26.6. The van der Waals surface area contributed by atoms with E-state index in [9.17, 15) is 24.3 Å². The predicted molar refractivity (Wildman–Crippen MR) is 152 cm³/mol. The van der Waals surface area contributed by atoms with E-state index in [1.165, 1.54) is 18.2 Å². The maximum atomic E-state index is 12.5. The first-order valence-electron chi connectivity index (χ1n) is 14.3. The Labute approximate surface area is 243 Å². The van der Waals surface area contributed by atoms with Crippen molar-refractivity contribution in [2.75, 3.05) is 0 Å². The van der Waals surface area contributed by atoms with E-state index in [-0.39, 0.29) is 42.8 Å². The van der Waals surface area contributed by atoms with Gasteiger partial charge in [-0.2, -0.15) is 0 Å². The number of esters is 1. The highest BCUT2D eigenvalue weighted by Crippen LogP contribution is 2.32. The molecule has 1 aromatic rings. The number of carboxylic acid groups (broad SMARTS) is 1. The number of ether oxygens (including phenoxy) is 5. The first-order chi connectivity index (χ1) is 19.2. The molecule has 1 rings (SSSR count). The fourth-order valence-electron chi connectivity index (χ4n) is 4.17. The van der Waals surface area contributed by atoms with Gasteiger partial charge in [0.2, 0.25) is 0 Å². The summed E-state index contributed by atoms with van der Waals surface area (Å²) in [6.45, 7) is 12.8. The Kier molecular flexibility index (Phi) is 15.2. The average Bonchev–Trinajstić information content (AvgIpc) is 2.85. The predicted octanol–water partition coefficient (Wildman–Crippen LogP) is 6.18. The topological polar surface area (TPSA) is 161 Å². The Morgan fingerprint density at radius 1 is 0.829 bits per heavy atom. The van der Waals surface area contributed by atoms with Crippen LogP contribution >= 0.6 is 0 Å². The Morgan fingerprint density at radius 2 is 1.37 bits per heavy atom. The Hall–Kier alpha value is -3.34. The van der Waals surface area contributed by atoms with Gasteiger partial charge in [0.25, 0.3) is 0 Å². The van der Waals surface area contributed by atoms with E-state index in [0.717, 1.165) is 19.3 Å². The molecule has 0 bridgehead atoms. The van der Waals surface area contributed by atoms with E-state index in [1.54, 1.807) is 20.8 Å². The lowest BCUT2D eigenvalue weighted by Crippen LogP contribution is -2.52. The standard InChI is InChI=1S/C30H47NO10/c1-8-11-20(5)38-28(35)40-24-14-13-23(16-25(24)41-29(36)39-21(6)12-9-2)18-30(31,27(33)34)17-22(7)37-26(32)15-19(4)10-3/h13-14,16,19-22H,8-12,15,17-18,31H2,1-7H3,(H,33,34)/t19?,20?,21?,22-,30?/m0/s1. The van der Waals surface area contributed by atoms with Gasteiger partial charge >= 0.3 is 24.2 Å². The van der Waals surface area contributed by atoms with Gasteiger partial charge < -0.3 is 34.5 Å². The van der Waals surface area contributed by atoms with Gasteiger partial charge in [-0.25, -0.2) is 9.59 Å². The molecule has 0 aliphatic heterocycles. The molecule has 0 radical (unpaired) electrons. The van der Waals surface area contributed by atoms with E-state index >= 15 is 0 Å². The number of hydrogen-bond acceptors (Lipinski definition) is 10. The van der Waals surface area contributed by atoms with Gasteiger partial charge in [-0.1, -0.05) is 53.0 Å². The van der Waals surface area contributed by atoms with Crippen molar-refractivity contribution in [2.24, 2.45) is 11.7 Å². The molecule has 232 valence electrons. The van der Waals surface area contributed by atoms with Crippen molar-refractivity contribution < 1.29 is 48.0 Å². The molecular weight excluding hydrogens is 534 g/mol. The third kappa shape index (κ3) is 13.2. The number of hydrogen-bond donors (Lipinski definition) is 2. The van der Waals surface area contributed by atoms with E-state index in [1.807, 2.05) is 27.7 Å². The molecule has 3 N–H and O–H groups in total. The number of carboxylic acids is 1. The highest BCUT2D eigenvalue weighted by atomic mass is 16.7. The van der Waals surface area contributed by atoms with Crippen molar-refractivity contribution in [2.45, 2.75) is 124 Å². The van der Waals surface area contributed by atoms with Crippen molar-refractivity contribution >= 4 is 24.2 Å². The van der Waals surface area contributed by atoms with Crippen LogP contribution in [0.5, 0.6) is 11.5 Å². The summed E-state index contributed by atoms with van der Waals surface area (Å²) in [6, 6.07) is 4.21. The van der Waals surface area contributed by atoms with Crippen molar-refractivity contribution in [3.8, 4) is 11.5 Å². The zero-order chi connectivity index (χ0) is 31.2. The summed E-state index contributed by atoms with van der Waals surface area (Å²) in [4.78, 5) is 49.2. The maximum Gasteiger partial charge on any atom is 0.514 e. The fraction of sp³-hybridized carbons (Fsp3) is 0.667. The number of aliphatic carboxylic acids is 1. The maximum absolute atomic E-state index is 12.5. The highest BCUT2D eigenvalue weighted by Gasteiger charge is 2.37. The summed E-state index contributed by atoms with van der Waals surface area (Å²) in [7, 11) is 0. The molecule has 0 heterocycles. The van der Waals surface area contributed by atoms with Crippen molar-refractivity contribution in [1.29, 1.82) is 0 Å². The highest BCUT2D eigenvalue weighted by molar-refractivity contribution is 5.79. The van der Waals surface area contributed by atoms with Gasteiger partial charge in [-0.3, -0.25) is 9.59 Å². The summed E-state index contributed by atoms with van der Waals surface area (Å²) in [6.07, 6.45) is -0.0370. The van der Waals surface area contributed by atoms with Crippen molar-refractivity contribution in [3.63, 3.8) is 0 Å². The van der Waals surface area contributed by atoms with Gasteiger partial charge in [0, 0.05) is 19.3 Å². The third-order valence-electron chi connectivity index (χ3n) is 6.52. The number of rotatable bonds is 17. The Bertz CT molecular complexity index is 1010. The zero-order valence-corrected chi connectivity index (χ0v) is 25.4. The molecule has 1 aromatic carbocycles. The lowest BCUT2D eigenvalue weighted by atomic mass is 9.86. The molecule has 0 saturated heterocycles. The molecule has 0 aromatic heterocycles. The monoisotopic (exact) mass is 581 g/mol. The minimum Gasteiger partial charge on any atom is -0.480 e. The van der Waals surface area contributed by atoms with E-state index in [2.05, 4.69) is 0 Å². The van der Waals surface area contributed by atoms with Crippen LogP contribution in [0.3, 0.4) is 0 Å². The third-order valence-corrected chi connectivity index (χ3v) is 6.52. The SMILES string of the molecule is CCCC(C)OC(=O)Oc1ccc(CC(N)(C[C@H](C)OC(=O)CC(C)CC)C(=O)O)cc1OC(=O)OC(C)CCC. The van der Waals surface area contributed by atoms with Gasteiger partial charge in [0.15, 0.2) is 11.5 Å². The lowest BCUT2D eigenvalue weighted by molar-refractivity contribution is -0.154. The van der Waals surface area contributed by atoms with Gasteiger partial charge in [-0.05, 0) is 57.2 Å². The van der Waals surface area contributed by atoms with Gasteiger partial charge in [0.1, 0.15) is 23.9 Å². The summed E-state index contributed by atoms with van der Waals surface area (Å²) in [5, 5.41) is 9.97. The van der Waals surface area contributed by atoms with E-state index in [4.69, 9.17) is 29.4 Å². The molecule has 0 amide bonds. The summed E-state index contributed by atoms with van der Waals surface area (Å²) in [5.41, 5.74) is 4.85. The van der Waals surface area contributed by atoms with E-state index in [0.29, 0.717) is 18.4 Å². The largest absolute Gasteiger partial charge is 0.514 e. The van der Waals surface area contributed by atoms with Crippen molar-refractivity contribution in [1.82, 2.24) is 0 Å². The smallest absolute Gasteiger partial charge is 0.480 e. The second-order valence-electron chi connectivity index (χ2n) is 10.8. The second-order valence-corrected chi connectivity index (χ2v) is 10.8. The quantitative estimate of drug-likeness (QED) is 0.123. The van der Waals surface area contributed by atoms with Crippen LogP contribution in [-0.2, 0) is 30.2 Å².